The van der Waals surface area contributed by atoms with Crippen LogP contribution in [0.1, 0.15) is 114 Å². The third kappa shape index (κ3) is 10.7. The van der Waals surface area contributed by atoms with Gasteiger partial charge in [-0.2, -0.15) is 0 Å². The van der Waals surface area contributed by atoms with Crippen molar-refractivity contribution < 1.29 is 14.6 Å². The molecule has 2 aliphatic rings. The van der Waals surface area contributed by atoms with Gasteiger partial charge >= 0.3 is 6.09 Å². The zero-order chi connectivity index (χ0) is 50.7. The van der Waals surface area contributed by atoms with Crippen LogP contribution >= 0.6 is 23.2 Å². The van der Waals surface area contributed by atoms with Crippen LogP contribution in [0, 0.1) is 0 Å². The average molecular weight is 1020 g/mol. The van der Waals surface area contributed by atoms with Gasteiger partial charge in [0, 0.05) is 40.8 Å². The summed E-state index contributed by atoms with van der Waals surface area (Å²) < 4.78 is 10.3. The zero-order valence-corrected chi connectivity index (χ0v) is 42.9. The zero-order valence-electron chi connectivity index (χ0n) is 41.3. The lowest BCUT2D eigenvalue weighted by Crippen LogP contribution is -2.37. The number of alkyl carbamates (subject to hydrolysis) is 1. The molecule has 2 saturated carbocycles. The Hall–Kier alpha value is -7.23. The first-order chi connectivity index (χ1) is 36.3. The van der Waals surface area contributed by atoms with Crippen LogP contribution in [0.2, 0.25) is 10.0 Å². The molecule has 2 fully saturated rings. The molecule has 0 aliphatic heterocycles. The summed E-state index contributed by atoms with van der Waals surface area (Å²) in [5.74, 6) is 0.696. The van der Waals surface area contributed by atoms with Gasteiger partial charge in [-0.25, -0.2) is 14.8 Å². The Kier molecular flexibility index (Phi) is 15.9. The number of benzene rings is 7. The number of imidazole rings is 2. The quantitative estimate of drug-likeness (QED) is 0.112. The topological polar surface area (TPSA) is 94.2 Å². The first-order valence-electron chi connectivity index (χ1n) is 25.8. The van der Waals surface area contributed by atoms with Crippen LogP contribution in [0.5, 0.6) is 0 Å². The highest BCUT2D eigenvalue weighted by Gasteiger charge is 2.40. The summed E-state index contributed by atoms with van der Waals surface area (Å²) in [6.07, 6.45) is 14.8. The second-order valence-electron chi connectivity index (χ2n) is 19.5. The van der Waals surface area contributed by atoms with Crippen molar-refractivity contribution in [3.05, 3.63) is 286 Å². The summed E-state index contributed by atoms with van der Waals surface area (Å²) in [7, 11) is 0. The summed E-state index contributed by atoms with van der Waals surface area (Å²) in [5, 5.41) is 13.8. The first kappa shape index (κ1) is 50.3. The number of nitrogens with zero attached hydrogens (tertiary/aromatic N) is 4. The highest BCUT2D eigenvalue weighted by Crippen LogP contribution is 2.44. The third-order valence-corrected chi connectivity index (χ3v) is 15.6. The van der Waals surface area contributed by atoms with Crippen molar-refractivity contribution >= 4 is 29.3 Å². The smallest absolute Gasteiger partial charge is 0.407 e. The number of rotatable bonds is 13. The van der Waals surface area contributed by atoms with Gasteiger partial charge in [0.15, 0.2) is 0 Å². The predicted octanol–water partition coefficient (Wildman–Crippen LogP) is 14.7. The standard InChI is InChI=1S/C36H33Cl2N3O2.C28H28N2O/c37-31-19-16-27(33(38)22-31)23-39-35(42)43-32-20-17-26(18-21-32)34-24-41(25-40-34)36(28-10-4-1-5-11-28,29-12-6-2-7-13-29)30-14-8-3-9-15-30;31-26-18-16-22(17-19-26)27-20-30(21-29-27)28(23-10-4-1-5-11-23,24-12-6-2-7-13-24)25-14-8-3-9-15-25/h1-16,19,22,24-26,32H,17-18,20-21,23H2,(H,39,42);1-15,20-22,26,31H,16-19H2. The molecule has 0 bridgehead atoms. The van der Waals surface area contributed by atoms with E-state index in [0.717, 1.165) is 68.3 Å². The number of carbonyl (C=O) groups is 1. The molecule has 2 N–H and O–H groups in total. The summed E-state index contributed by atoms with van der Waals surface area (Å²) in [6, 6.07) is 69.1. The molecule has 1 amide bonds. The van der Waals surface area contributed by atoms with Gasteiger partial charge in [0.1, 0.15) is 17.2 Å². The maximum Gasteiger partial charge on any atom is 0.407 e. The molecule has 7 aromatic carbocycles. The second-order valence-corrected chi connectivity index (χ2v) is 20.3. The maximum absolute atomic E-state index is 12.5. The Morgan fingerprint density at radius 1 is 0.514 bits per heavy atom. The molecule has 374 valence electrons. The van der Waals surface area contributed by atoms with Crippen molar-refractivity contribution in [2.45, 2.75) is 93.0 Å². The minimum atomic E-state index is -0.583. The van der Waals surface area contributed by atoms with Crippen molar-refractivity contribution in [3.63, 3.8) is 0 Å². The van der Waals surface area contributed by atoms with Crippen LogP contribution in [0.15, 0.2) is 225 Å². The number of aliphatic hydroxyl groups is 1. The van der Waals surface area contributed by atoms with Gasteiger partial charge in [0.2, 0.25) is 0 Å². The minimum Gasteiger partial charge on any atom is -0.446 e. The van der Waals surface area contributed by atoms with Gasteiger partial charge in [-0.1, -0.05) is 211 Å². The average Bonchev–Trinajstić information content (AvgIpc) is 4.17. The van der Waals surface area contributed by atoms with Gasteiger partial charge in [0.25, 0.3) is 0 Å². The predicted molar refractivity (Wildman–Crippen MR) is 296 cm³/mol. The van der Waals surface area contributed by atoms with E-state index in [2.05, 4.69) is 209 Å². The van der Waals surface area contributed by atoms with E-state index in [9.17, 15) is 9.90 Å². The van der Waals surface area contributed by atoms with Crippen LogP contribution in [0.3, 0.4) is 0 Å². The Morgan fingerprint density at radius 3 is 1.22 bits per heavy atom. The normalized spacial score (nSPS) is 17.9. The number of hydrogen-bond donors (Lipinski definition) is 2. The van der Waals surface area contributed by atoms with E-state index in [1.807, 2.05) is 12.7 Å². The molecule has 2 aromatic heterocycles. The van der Waals surface area contributed by atoms with E-state index in [4.69, 9.17) is 37.9 Å². The van der Waals surface area contributed by atoms with E-state index >= 15 is 0 Å². The molecule has 0 saturated heterocycles. The summed E-state index contributed by atoms with van der Waals surface area (Å²) >= 11 is 12.2. The summed E-state index contributed by atoms with van der Waals surface area (Å²) in [4.78, 5) is 22.4. The lowest BCUT2D eigenvalue weighted by Gasteiger charge is -2.37. The van der Waals surface area contributed by atoms with Crippen molar-refractivity contribution in [2.75, 3.05) is 0 Å². The highest BCUT2D eigenvalue weighted by atomic mass is 35.5. The maximum atomic E-state index is 12.5. The number of aromatic nitrogens is 4. The van der Waals surface area contributed by atoms with E-state index < -0.39 is 17.2 Å². The molecule has 0 atom stereocenters. The van der Waals surface area contributed by atoms with Gasteiger partial charge in [0.05, 0.1) is 30.1 Å². The molecule has 11 rings (SSSR count). The van der Waals surface area contributed by atoms with E-state index in [-0.39, 0.29) is 24.7 Å². The Bertz CT molecular complexity index is 2980. The number of hydrogen-bond acceptors (Lipinski definition) is 5. The van der Waals surface area contributed by atoms with Gasteiger partial charge in [-0.05, 0) is 102 Å². The number of carbonyl (C=O) groups excluding carboxylic acids is 1. The molecule has 74 heavy (non-hydrogen) atoms. The fourth-order valence-electron chi connectivity index (χ4n) is 11.3. The number of ether oxygens (including phenoxy) is 1. The van der Waals surface area contributed by atoms with Crippen LogP contribution in [-0.2, 0) is 22.4 Å². The van der Waals surface area contributed by atoms with Crippen LogP contribution < -0.4 is 5.32 Å². The minimum absolute atomic E-state index is 0.129. The molecule has 9 aromatic rings. The molecule has 0 radical (unpaired) electrons. The second kappa shape index (κ2) is 23.3. The van der Waals surface area contributed by atoms with Gasteiger partial charge < -0.3 is 24.3 Å². The first-order valence-corrected chi connectivity index (χ1v) is 26.6. The molecule has 2 aliphatic carbocycles. The Balaban J connectivity index is 0.000000178. The molecule has 8 nitrogen and oxygen atoms in total. The fourth-order valence-corrected chi connectivity index (χ4v) is 11.8. The number of nitrogens with one attached hydrogen (secondary N) is 1. The Labute approximate surface area is 444 Å². The Morgan fingerprint density at radius 2 is 0.865 bits per heavy atom. The number of aliphatic hydroxyl groups excluding tert-OH is 1. The largest absolute Gasteiger partial charge is 0.446 e. The molecule has 2 heterocycles. The van der Waals surface area contributed by atoms with E-state index in [1.165, 1.54) is 33.4 Å². The van der Waals surface area contributed by atoms with Crippen LogP contribution in [0.25, 0.3) is 0 Å². The van der Waals surface area contributed by atoms with Gasteiger partial charge in [-0.3, -0.25) is 0 Å². The number of amides is 1. The van der Waals surface area contributed by atoms with Crippen LogP contribution in [0.4, 0.5) is 4.79 Å². The van der Waals surface area contributed by atoms with Crippen LogP contribution in [-0.4, -0.2) is 42.5 Å². The lowest BCUT2D eigenvalue weighted by molar-refractivity contribution is 0.0708. The monoisotopic (exact) mass is 1020 g/mol. The molecule has 0 spiro atoms. The lowest BCUT2D eigenvalue weighted by atomic mass is 9.76. The molecule has 10 heteroatoms. The van der Waals surface area contributed by atoms with Crippen molar-refractivity contribution in [1.82, 2.24) is 24.4 Å². The third-order valence-electron chi connectivity index (χ3n) is 15.0. The van der Waals surface area contributed by atoms with E-state index in [0.29, 0.717) is 16.0 Å². The van der Waals surface area contributed by atoms with E-state index in [1.54, 1.807) is 18.2 Å². The molecule has 0 unspecified atom stereocenters. The highest BCUT2D eigenvalue weighted by molar-refractivity contribution is 6.35. The fraction of sp³-hybridized carbons (Fsp3) is 0.234. The molecular weight excluding hydrogens is 958 g/mol. The summed E-state index contributed by atoms with van der Waals surface area (Å²) in [6.45, 7) is 0.285. The SMILES string of the molecule is O=C(NCc1ccc(Cl)cc1Cl)OC1CCC(c2cn(C(c3ccccc3)(c3ccccc3)c3ccccc3)cn2)CC1.OC1CCC(c2cn(C(c3ccccc3)(c3ccccc3)c3ccccc3)cn2)CC1. The van der Waals surface area contributed by atoms with Gasteiger partial charge in [-0.15, -0.1) is 0 Å². The van der Waals surface area contributed by atoms with Crippen molar-refractivity contribution in [2.24, 2.45) is 0 Å². The van der Waals surface area contributed by atoms with Crippen molar-refractivity contribution in [1.29, 1.82) is 0 Å². The number of halogens is 2. The van der Waals surface area contributed by atoms with Crippen molar-refractivity contribution in [3.8, 4) is 0 Å². The molecular formula is C64H61Cl2N5O3. The summed E-state index contributed by atoms with van der Waals surface area (Å²) in [5.41, 5.74) is 9.00.